The molecule has 23 heavy (non-hydrogen) atoms. The fourth-order valence-corrected chi connectivity index (χ4v) is 2.32. The van der Waals surface area contributed by atoms with Crippen molar-refractivity contribution in [1.82, 2.24) is 5.32 Å². The maximum atomic E-state index is 11.6. The second-order valence-corrected chi connectivity index (χ2v) is 6.23. The number of allylic oxidation sites excluding steroid dienone is 1. The first kappa shape index (κ1) is 21.7. The SMILES string of the molecule is CCCCCCCCNC(=O)C=CC(=O)CC(S)CC(=O)OC. The molecule has 0 saturated carbocycles. The molecule has 0 aromatic carbocycles. The molecule has 0 saturated heterocycles. The van der Waals surface area contributed by atoms with Crippen molar-refractivity contribution in [2.24, 2.45) is 0 Å². The number of hydrogen-bond donors (Lipinski definition) is 2. The van der Waals surface area contributed by atoms with Crippen LogP contribution in [0.3, 0.4) is 0 Å². The van der Waals surface area contributed by atoms with Gasteiger partial charge in [0.05, 0.1) is 13.5 Å². The van der Waals surface area contributed by atoms with Crippen molar-refractivity contribution >= 4 is 30.3 Å². The second kappa shape index (κ2) is 14.3. The number of unbranched alkanes of at least 4 members (excludes halogenated alkanes) is 5. The summed E-state index contributed by atoms with van der Waals surface area (Å²) >= 11 is 4.16. The molecule has 132 valence electrons. The van der Waals surface area contributed by atoms with E-state index < -0.39 is 11.2 Å². The lowest BCUT2D eigenvalue weighted by Gasteiger charge is -2.06. The van der Waals surface area contributed by atoms with Crippen LogP contribution < -0.4 is 5.32 Å². The van der Waals surface area contributed by atoms with Crippen molar-refractivity contribution in [3.63, 3.8) is 0 Å². The summed E-state index contributed by atoms with van der Waals surface area (Å²) in [4.78, 5) is 34.2. The summed E-state index contributed by atoms with van der Waals surface area (Å²) in [5.74, 6) is -0.905. The Kier molecular flexibility index (Phi) is 13.5. The molecule has 6 heteroatoms. The van der Waals surface area contributed by atoms with Gasteiger partial charge in [0.2, 0.25) is 5.91 Å². The number of carbonyl (C=O) groups excluding carboxylic acids is 3. The van der Waals surface area contributed by atoms with Crippen molar-refractivity contribution in [2.45, 2.75) is 63.5 Å². The summed E-state index contributed by atoms with van der Waals surface area (Å²) in [5.41, 5.74) is 0. The number of esters is 1. The third kappa shape index (κ3) is 14.0. The van der Waals surface area contributed by atoms with Gasteiger partial charge in [-0.15, -0.1) is 0 Å². The van der Waals surface area contributed by atoms with Crippen molar-refractivity contribution in [3.8, 4) is 0 Å². The number of hydrogen-bond acceptors (Lipinski definition) is 5. The van der Waals surface area contributed by atoms with Gasteiger partial charge in [-0.3, -0.25) is 14.4 Å². The summed E-state index contributed by atoms with van der Waals surface area (Å²) in [6, 6.07) is 0. The van der Waals surface area contributed by atoms with E-state index in [1.54, 1.807) is 0 Å². The van der Waals surface area contributed by atoms with E-state index in [0.29, 0.717) is 6.54 Å². The van der Waals surface area contributed by atoms with Crippen LogP contribution in [-0.2, 0) is 19.1 Å². The van der Waals surface area contributed by atoms with Gasteiger partial charge in [0, 0.05) is 24.3 Å². The number of rotatable bonds is 13. The van der Waals surface area contributed by atoms with Crippen LogP contribution in [0.1, 0.15) is 58.3 Å². The van der Waals surface area contributed by atoms with Crippen LogP contribution in [0.5, 0.6) is 0 Å². The largest absolute Gasteiger partial charge is 0.469 e. The predicted octanol–water partition coefficient (Wildman–Crippen LogP) is 2.84. The molecule has 0 spiro atoms. The number of methoxy groups -OCH3 is 1. The molecule has 0 fully saturated rings. The molecule has 0 heterocycles. The van der Waals surface area contributed by atoms with E-state index in [1.165, 1.54) is 44.9 Å². The zero-order chi connectivity index (χ0) is 17.5. The van der Waals surface area contributed by atoms with Crippen LogP contribution in [0, 0.1) is 0 Å². The minimum atomic E-state index is -0.404. The molecule has 1 amide bonds. The number of nitrogens with one attached hydrogen (secondary N) is 1. The number of ketones is 1. The van der Waals surface area contributed by atoms with Crippen LogP contribution in [0.15, 0.2) is 12.2 Å². The Balaban J connectivity index is 3.77. The zero-order valence-corrected chi connectivity index (χ0v) is 15.1. The molecule has 1 unspecified atom stereocenters. The maximum Gasteiger partial charge on any atom is 0.306 e. The first-order valence-corrected chi connectivity index (χ1v) is 8.74. The molecule has 0 aliphatic rings. The number of ether oxygens (including phenoxy) is 1. The van der Waals surface area contributed by atoms with Gasteiger partial charge < -0.3 is 10.1 Å². The minimum absolute atomic E-state index is 0.0728. The van der Waals surface area contributed by atoms with Crippen LogP contribution in [0.4, 0.5) is 0 Å². The molecular formula is C17H29NO4S. The summed E-state index contributed by atoms with van der Waals surface area (Å²) < 4.78 is 4.51. The molecular weight excluding hydrogens is 314 g/mol. The summed E-state index contributed by atoms with van der Waals surface area (Å²) in [7, 11) is 1.29. The fraction of sp³-hybridized carbons (Fsp3) is 0.706. The van der Waals surface area contributed by atoms with Gasteiger partial charge in [-0.25, -0.2) is 0 Å². The van der Waals surface area contributed by atoms with Crippen molar-refractivity contribution in [3.05, 3.63) is 12.2 Å². The van der Waals surface area contributed by atoms with Crippen LogP contribution in [0.25, 0.3) is 0 Å². The summed E-state index contributed by atoms with van der Waals surface area (Å²) in [6.45, 7) is 2.81. The Labute approximate surface area is 144 Å². The molecule has 5 nitrogen and oxygen atoms in total. The molecule has 0 aromatic rings. The van der Waals surface area contributed by atoms with E-state index >= 15 is 0 Å². The van der Waals surface area contributed by atoms with E-state index in [0.717, 1.165) is 12.8 Å². The first-order valence-electron chi connectivity index (χ1n) is 8.23. The third-order valence-electron chi connectivity index (χ3n) is 3.32. The lowest BCUT2D eigenvalue weighted by atomic mass is 10.1. The van der Waals surface area contributed by atoms with E-state index in [2.05, 4.69) is 29.6 Å². The Morgan fingerprint density at radius 1 is 1.04 bits per heavy atom. The lowest BCUT2D eigenvalue weighted by Crippen LogP contribution is -2.22. The van der Waals surface area contributed by atoms with Gasteiger partial charge >= 0.3 is 5.97 Å². The normalized spacial score (nSPS) is 12.1. The number of carbonyl (C=O) groups is 3. The van der Waals surface area contributed by atoms with E-state index in [4.69, 9.17) is 0 Å². The van der Waals surface area contributed by atoms with Crippen LogP contribution in [-0.4, -0.2) is 36.6 Å². The Morgan fingerprint density at radius 3 is 2.35 bits per heavy atom. The molecule has 1 atom stereocenters. The Bertz CT molecular complexity index is 396. The quantitative estimate of drug-likeness (QED) is 0.233. The number of thiol groups is 1. The van der Waals surface area contributed by atoms with Crippen LogP contribution >= 0.6 is 12.6 Å². The molecule has 0 aliphatic heterocycles. The molecule has 0 aliphatic carbocycles. The Morgan fingerprint density at radius 2 is 1.70 bits per heavy atom. The third-order valence-corrected chi connectivity index (χ3v) is 3.68. The van der Waals surface area contributed by atoms with Crippen molar-refractivity contribution < 1.29 is 19.1 Å². The maximum absolute atomic E-state index is 11.6. The summed E-state index contributed by atoms with van der Waals surface area (Å²) in [6.07, 6.45) is 9.63. The molecule has 0 rings (SSSR count). The highest BCUT2D eigenvalue weighted by atomic mass is 32.1. The highest BCUT2D eigenvalue weighted by Crippen LogP contribution is 2.08. The second-order valence-electron chi connectivity index (χ2n) is 5.50. The highest BCUT2D eigenvalue weighted by molar-refractivity contribution is 7.81. The van der Waals surface area contributed by atoms with Crippen molar-refractivity contribution in [1.29, 1.82) is 0 Å². The van der Waals surface area contributed by atoms with Gasteiger partial charge in [0.15, 0.2) is 5.78 Å². The van der Waals surface area contributed by atoms with Gasteiger partial charge in [-0.2, -0.15) is 12.6 Å². The Hall–Kier alpha value is -1.30. The first-order chi connectivity index (χ1) is 11.0. The lowest BCUT2D eigenvalue weighted by molar-refractivity contribution is -0.140. The monoisotopic (exact) mass is 343 g/mol. The standard InChI is InChI=1S/C17H29NO4S/c1-3-4-5-6-7-8-11-18-16(20)10-9-14(19)12-15(23)13-17(21)22-2/h9-10,15,23H,3-8,11-13H2,1-2H3,(H,18,20). The van der Waals surface area contributed by atoms with Gasteiger partial charge in [0.1, 0.15) is 0 Å². The van der Waals surface area contributed by atoms with Crippen LogP contribution in [0.2, 0.25) is 0 Å². The van der Waals surface area contributed by atoms with Gasteiger partial charge in [-0.1, -0.05) is 39.0 Å². The highest BCUT2D eigenvalue weighted by Gasteiger charge is 2.13. The van der Waals surface area contributed by atoms with E-state index in [1.807, 2.05) is 0 Å². The predicted molar refractivity (Wildman–Crippen MR) is 94.6 cm³/mol. The number of amides is 1. The minimum Gasteiger partial charge on any atom is -0.469 e. The van der Waals surface area contributed by atoms with E-state index in [9.17, 15) is 14.4 Å². The average molecular weight is 343 g/mol. The molecule has 0 radical (unpaired) electrons. The average Bonchev–Trinajstić information content (AvgIpc) is 2.51. The van der Waals surface area contributed by atoms with E-state index in [-0.39, 0.29) is 24.5 Å². The van der Waals surface area contributed by atoms with Gasteiger partial charge in [-0.05, 0) is 12.5 Å². The smallest absolute Gasteiger partial charge is 0.306 e. The summed E-state index contributed by atoms with van der Waals surface area (Å²) in [5, 5.41) is 2.35. The zero-order valence-electron chi connectivity index (χ0n) is 14.2. The molecule has 0 aromatic heterocycles. The van der Waals surface area contributed by atoms with Crippen molar-refractivity contribution in [2.75, 3.05) is 13.7 Å². The van der Waals surface area contributed by atoms with Gasteiger partial charge in [0.25, 0.3) is 0 Å². The molecule has 0 bridgehead atoms. The topological polar surface area (TPSA) is 72.5 Å². The molecule has 1 N–H and O–H groups in total. The fourth-order valence-electron chi connectivity index (χ4n) is 1.99.